The van der Waals surface area contributed by atoms with Gasteiger partial charge in [0.15, 0.2) is 4.80 Å². The number of hydrogen-bond acceptors (Lipinski definition) is 8. The van der Waals surface area contributed by atoms with E-state index in [1.165, 1.54) is 29.0 Å². The molecule has 0 amide bonds. The highest BCUT2D eigenvalue weighted by molar-refractivity contribution is 7.07. The molecule has 5 aromatic rings. The maximum Gasteiger partial charge on any atom is 0.271 e. The van der Waals surface area contributed by atoms with E-state index >= 15 is 0 Å². The van der Waals surface area contributed by atoms with Gasteiger partial charge in [-0.3, -0.25) is 19.5 Å². The summed E-state index contributed by atoms with van der Waals surface area (Å²) in [4.78, 5) is 30.4. The lowest BCUT2D eigenvalue weighted by Crippen LogP contribution is -2.39. The van der Waals surface area contributed by atoms with Crippen molar-refractivity contribution in [3.63, 3.8) is 0 Å². The van der Waals surface area contributed by atoms with E-state index in [0.29, 0.717) is 37.9 Å². The Bertz CT molecular complexity index is 2200. The number of aryl methyl sites for hydroxylation is 1. The second-order valence-electron chi connectivity index (χ2n) is 10.3. The number of methoxy groups -OCH3 is 2. The molecule has 0 fully saturated rings. The number of allylic oxidation sites excluding steroid dienone is 1. The van der Waals surface area contributed by atoms with Gasteiger partial charge in [-0.05, 0) is 60.4 Å². The standard InChI is InChI=1S/C33H24ClN3O6S/c1-41-20-9-13-27(42-2)25(16-20)31-24-11-7-18-5-3-4-6-22(18)30(24)35-33-36(31)32(38)29(44-33)17-21-10-14-28(43-21)23-12-8-19(37(39)40)15-26(23)34/h3-6,8-10,12-17,31H,7,11H2,1-2H3. The molecule has 9 nitrogen and oxygen atoms in total. The van der Waals surface area contributed by atoms with E-state index in [9.17, 15) is 14.9 Å². The quantitative estimate of drug-likeness (QED) is 0.165. The van der Waals surface area contributed by atoms with Crippen LogP contribution in [-0.2, 0) is 6.42 Å². The van der Waals surface area contributed by atoms with Gasteiger partial charge in [0.25, 0.3) is 11.2 Å². The number of hydrogen-bond donors (Lipinski definition) is 0. The van der Waals surface area contributed by atoms with Gasteiger partial charge in [-0.15, -0.1) is 0 Å². The first-order valence-electron chi connectivity index (χ1n) is 13.8. The molecule has 44 heavy (non-hydrogen) atoms. The molecule has 1 unspecified atom stereocenters. The van der Waals surface area contributed by atoms with E-state index in [2.05, 4.69) is 12.1 Å². The number of ether oxygens (including phenoxy) is 2. The number of furan rings is 1. The van der Waals surface area contributed by atoms with E-state index in [0.717, 1.165) is 35.2 Å². The molecule has 1 aliphatic carbocycles. The van der Waals surface area contributed by atoms with Crippen LogP contribution in [0.1, 0.15) is 34.9 Å². The fourth-order valence-electron chi connectivity index (χ4n) is 5.87. The first-order chi connectivity index (χ1) is 21.4. The summed E-state index contributed by atoms with van der Waals surface area (Å²) in [5.41, 5.74) is 5.21. The van der Waals surface area contributed by atoms with Crippen molar-refractivity contribution in [2.24, 2.45) is 4.99 Å². The molecule has 1 atom stereocenters. The predicted molar refractivity (Wildman–Crippen MR) is 168 cm³/mol. The van der Waals surface area contributed by atoms with Crippen LogP contribution in [0.2, 0.25) is 5.02 Å². The lowest BCUT2D eigenvalue weighted by molar-refractivity contribution is -0.384. The maximum atomic E-state index is 14.2. The van der Waals surface area contributed by atoms with Crippen LogP contribution in [0.25, 0.3) is 23.1 Å². The molecule has 2 aromatic heterocycles. The van der Waals surface area contributed by atoms with Crippen LogP contribution >= 0.6 is 22.9 Å². The van der Waals surface area contributed by atoms with Gasteiger partial charge in [-0.2, -0.15) is 0 Å². The maximum absolute atomic E-state index is 14.2. The summed E-state index contributed by atoms with van der Waals surface area (Å²) in [6.45, 7) is 0. The predicted octanol–water partition coefficient (Wildman–Crippen LogP) is 6.16. The van der Waals surface area contributed by atoms with Crippen molar-refractivity contribution in [2.45, 2.75) is 18.9 Å². The highest BCUT2D eigenvalue weighted by Crippen LogP contribution is 2.44. The van der Waals surface area contributed by atoms with Crippen LogP contribution in [0.3, 0.4) is 0 Å². The molecule has 0 bridgehead atoms. The summed E-state index contributed by atoms with van der Waals surface area (Å²) in [7, 11) is 3.23. The molecule has 220 valence electrons. The van der Waals surface area contributed by atoms with Gasteiger partial charge in [0.1, 0.15) is 23.0 Å². The zero-order valence-electron chi connectivity index (χ0n) is 23.6. The average Bonchev–Trinajstić information content (AvgIpc) is 3.63. The van der Waals surface area contributed by atoms with E-state index in [1.807, 2.05) is 30.3 Å². The number of rotatable bonds is 6. The van der Waals surface area contributed by atoms with Crippen molar-refractivity contribution in [1.29, 1.82) is 0 Å². The number of aromatic nitrogens is 1. The second-order valence-corrected chi connectivity index (χ2v) is 11.8. The summed E-state index contributed by atoms with van der Waals surface area (Å²) in [6.07, 6.45) is 3.25. The van der Waals surface area contributed by atoms with Crippen LogP contribution in [0, 0.1) is 10.1 Å². The topological polar surface area (TPSA) is 109 Å². The zero-order chi connectivity index (χ0) is 30.5. The van der Waals surface area contributed by atoms with Crippen molar-refractivity contribution in [2.75, 3.05) is 14.2 Å². The molecule has 3 aromatic carbocycles. The third kappa shape index (κ3) is 4.63. The van der Waals surface area contributed by atoms with Crippen LogP contribution in [-0.4, -0.2) is 23.7 Å². The lowest BCUT2D eigenvalue weighted by Gasteiger charge is -2.31. The molecule has 1 aliphatic heterocycles. The number of nitro benzene ring substituents is 1. The summed E-state index contributed by atoms with van der Waals surface area (Å²) >= 11 is 7.61. The first kappa shape index (κ1) is 27.9. The normalized spacial score (nSPS) is 15.7. The van der Waals surface area contributed by atoms with E-state index in [4.69, 9.17) is 30.5 Å². The molecule has 11 heteroatoms. The molecular weight excluding hydrogens is 602 g/mol. The largest absolute Gasteiger partial charge is 0.497 e. The second kappa shape index (κ2) is 11.0. The SMILES string of the molecule is COc1ccc(OC)c(C2C3=C(N=c4sc(=Cc5ccc(-c6ccc([N+](=O)[O-])cc6Cl)o5)c(=O)n42)c2ccccc2CC3)c1. The third-order valence-electron chi connectivity index (χ3n) is 7.93. The molecule has 7 rings (SSSR count). The summed E-state index contributed by atoms with van der Waals surface area (Å²) in [6, 6.07) is 21.0. The Kier molecular flexibility index (Phi) is 6.95. The molecule has 0 spiro atoms. The van der Waals surface area contributed by atoms with Gasteiger partial charge in [-0.1, -0.05) is 47.2 Å². The zero-order valence-corrected chi connectivity index (χ0v) is 25.1. The lowest BCUT2D eigenvalue weighted by atomic mass is 9.83. The van der Waals surface area contributed by atoms with Crippen LogP contribution in [0.5, 0.6) is 11.5 Å². The first-order valence-corrected chi connectivity index (χ1v) is 14.9. The molecule has 0 radical (unpaired) electrons. The monoisotopic (exact) mass is 625 g/mol. The number of benzene rings is 3. The van der Waals surface area contributed by atoms with Crippen molar-refractivity contribution < 1.29 is 18.8 Å². The van der Waals surface area contributed by atoms with Gasteiger partial charge < -0.3 is 13.9 Å². The Morgan fingerprint density at radius 1 is 1.05 bits per heavy atom. The molecule has 3 heterocycles. The van der Waals surface area contributed by atoms with Gasteiger partial charge in [-0.25, -0.2) is 4.99 Å². The van der Waals surface area contributed by atoms with Crippen LogP contribution in [0.4, 0.5) is 5.69 Å². The van der Waals surface area contributed by atoms with Crippen molar-refractivity contribution in [3.05, 3.63) is 136 Å². The van der Waals surface area contributed by atoms with E-state index in [1.54, 1.807) is 43.1 Å². The third-order valence-corrected chi connectivity index (χ3v) is 9.23. The minimum Gasteiger partial charge on any atom is -0.497 e. The summed E-state index contributed by atoms with van der Waals surface area (Å²) in [5, 5.41) is 11.3. The Morgan fingerprint density at radius 2 is 1.89 bits per heavy atom. The van der Waals surface area contributed by atoms with Gasteiger partial charge in [0, 0.05) is 34.9 Å². The molecular formula is C33H24ClN3O6S. The highest BCUT2D eigenvalue weighted by Gasteiger charge is 2.34. The Labute approximate surface area is 259 Å². The average molecular weight is 626 g/mol. The number of nitro groups is 1. The molecule has 0 saturated heterocycles. The van der Waals surface area contributed by atoms with Gasteiger partial charge in [0.2, 0.25) is 0 Å². The Morgan fingerprint density at radius 3 is 2.66 bits per heavy atom. The van der Waals surface area contributed by atoms with Crippen LogP contribution in [0.15, 0.2) is 92.6 Å². The number of non-ortho nitro benzene ring substituents is 1. The van der Waals surface area contributed by atoms with Gasteiger partial charge in [0.05, 0.1) is 40.4 Å². The Balaban J connectivity index is 1.40. The molecule has 2 aliphatic rings. The number of thiazole rings is 1. The number of fused-ring (bicyclic) bond motifs is 3. The van der Waals surface area contributed by atoms with E-state index < -0.39 is 11.0 Å². The minimum absolute atomic E-state index is 0.112. The van der Waals surface area contributed by atoms with Crippen molar-refractivity contribution in [3.8, 4) is 22.8 Å². The fraction of sp³-hybridized carbons (Fsp3) is 0.152. The fourth-order valence-corrected chi connectivity index (χ4v) is 7.12. The van der Waals surface area contributed by atoms with Crippen molar-refractivity contribution in [1.82, 2.24) is 4.57 Å². The summed E-state index contributed by atoms with van der Waals surface area (Å²) in [5.74, 6) is 2.17. The Hall–Kier alpha value is -4.93. The van der Waals surface area contributed by atoms with Crippen molar-refractivity contribution >= 4 is 40.4 Å². The van der Waals surface area contributed by atoms with Crippen LogP contribution < -0.4 is 24.4 Å². The van der Waals surface area contributed by atoms with Gasteiger partial charge >= 0.3 is 0 Å². The minimum atomic E-state index is -0.506. The molecule has 0 saturated carbocycles. The number of halogens is 1. The summed E-state index contributed by atoms with van der Waals surface area (Å²) < 4.78 is 19.6. The number of nitrogens with zero attached hydrogens (tertiary/aromatic N) is 3. The highest BCUT2D eigenvalue weighted by atomic mass is 35.5. The molecule has 0 N–H and O–H groups in total. The van der Waals surface area contributed by atoms with E-state index in [-0.39, 0.29) is 16.3 Å². The smallest absolute Gasteiger partial charge is 0.271 e.